The number of amides is 1. The lowest BCUT2D eigenvalue weighted by molar-refractivity contribution is 0.0996. The quantitative estimate of drug-likeness (QED) is 0.623. The number of aromatic nitrogens is 2. The van der Waals surface area contributed by atoms with E-state index in [1.165, 1.54) is 0 Å². The highest BCUT2D eigenvalue weighted by Gasteiger charge is 2.22. The zero-order valence-corrected chi connectivity index (χ0v) is 14.7. The van der Waals surface area contributed by atoms with Gasteiger partial charge in [-0.1, -0.05) is 18.9 Å². The van der Waals surface area contributed by atoms with Gasteiger partial charge in [0.1, 0.15) is 5.82 Å². The van der Waals surface area contributed by atoms with Crippen molar-refractivity contribution in [3.05, 3.63) is 36.2 Å². The fourth-order valence-corrected chi connectivity index (χ4v) is 3.12. The van der Waals surface area contributed by atoms with Crippen molar-refractivity contribution in [1.82, 2.24) is 9.97 Å². The number of carbonyl (C=O) groups is 1. The van der Waals surface area contributed by atoms with Crippen LogP contribution in [0.3, 0.4) is 0 Å². The smallest absolute Gasteiger partial charge is 0.269 e. The highest BCUT2D eigenvalue weighted by atomic mass is 16.5. The van der Waals surface area contributed by atoms with Crippen molar-refractivity contribution in [3.8, 4) is 5.88 Å². The molecule has 1 fully saturated rings. The van der Waals surface area contributed by atoms with E-state index >= 15 is 0 Å². The standard InChI is InChI=1S/C18H24N6O2/c1-26-16-8-4-7-15(24-16)23-14-9-11(10-21-17(14)18(20)25)22-13-6-3-2-5-12(13)19/h4,7-10,12-13,22H,2-3,5-6,19H2,1H3,(H2,20,25)(H,23,24)/t12-,13+/m0/s1. The lowest BCUT2D eigenvalue weighted by atomic mass is 9.91. The number of pyridine rings is 2. The van der Waals surface area contributed by atoms with Crippen molar-refractivity contribution in [2.45, 2.75) is 37.8 Å². The lowest BCUT2D eigenvalue weighted by Crippen LogP contribution is -2.42. The predicted molar refractivity (Wildman–Crippen MR) is 101 cm³/mol. The topological polar surface area (TPSA) is 128 Å². The number of primary amides is 1. The average Bonchev–Trinajstić information content (AvgIpc) is 2.64. The fraction of sp³-hybridized carbons (Fsp3) is 0.389. The zero-order valence-electron chi connectivity index (χ0n) is 14.7. The summed E-state index contributed by atoms with van der Waals surface area (Å²) in [6.07, 6.45) is 5.93. The van der Waals surface area contributed by atoms with Crippen LogP contribution in [0.1, 0.15) is 36.2 Å². The SMILES string of the molecule is COc1cccc(Nc2cc(N[C@@H]3CCCC[C@@H]3N)cnc2C(N)=O)n1. The van der Waals surface area contributed by atoms with Crippen LogP contribution in [0.25, 0.3) is 0 Å². The molecule has 1 saturated carbocycles. The number of hydrogen-bond donors (Lipinski definition) is 4. The molecule has 2 aromatic heterocycles. The van der Waals surface area contributed by atoms with Crippen molar-refractivity contribution in [2.24, 2.45) is 11.5 Å². The predicted octanol–water partition coefficient (Wildman–Crippen LogP) is 2.01. The third kappa shape index (κ3) is 4.20. The van der Waals surface area contributed by atoms with Crippen molar-refractivity contribution in [1.29, 1.82) is 0 Å². The second-order valence-corrected chi connectivity index (χ2v) is 6.37. The number of nitrogens with two attached hydrogens (primary N) is 2. The van der Waals surface area contributed by atoms with Gasteiger partial charge >= 0.3 is 0 Å². The number of carbonyl (C=O) groups excluding carboxylic acids is 1. The van der Waals surface area contributed by atoms with E-state index in [0.717, 1.165) is 31.4 Å². The van der Waals surface area contributed by atoms with Crippen LogP contribution in [0.2, 0.25) is 0 Å². The number of ether oxygens (including phenoxy) is 1. The van der Waals surface area contributed by atoms with E-state index in [2.05, 4.69) is 20.6 Å². The van der Waals surface area contributed by atoms with Gasteiger partial charge in [-0.25, -0.2) is 4.98 Å². The summed E-state index contributed by atoms with van der Waals surface area (Å²) in [5.41, 5.74) is 13.1. The monoisotopic (exact) mass is 356 g/mol. The van der Waals surface area contributed by atoms with Crippen molar-refractivity contribution in [3.63, 3.8) is 0 Å². The van der Waals surface area contributed by atoms with Crippen LogP contribution in [-0.4, -0.2) is 35.1 Å². The van der Waals surface area contributed by atoms with E-state index in [-0.39, 0.29) is 17.8 Å². The van der Waals surface area contributed by atoms with Gasteiger partial charge in [-0.2, -0.15) is 4.98 Å². The Morgan fingerprint density at radius 2 is 2.12 bits per heavy atom. The molecular weight excluding hydrogens is 332 g/mol. The maximum Gasteiger partial charge on any atom is 0.269 e. The molecule has 1 aliphatic carbocycles. The summed E-state index contributed by atoms with van der Waals surface area (Å²) < 4.78 is 5.12. The highest BCUT2D eigenvalue weighted by Crippen LogP contribution is 2.26. The van der Waals surface area contributed by atoms with Gasteiger partial charge < -0.3 is 26.8 Å². The first kappa shape index (κ1) is 17.9. The van der Waals surface area contributed by atoms with Crippen molar-refractivity contribution < 1.29 is 9.53 Å². The second-order valence-electron chi connectivity index (χ2n) is 6.37. The average molecular weight is 356 g/mol. The van der Waals surface area contributed by atoms with Crippen LogP contribution in [0.5, 0.6) is 5.88 Å². The van der Waals surface area contributed by atoms with Crippen molar-refractivity contribution in [2.75, 3.05) is 17.7 Å². The first-order valence-electron chi connectivity index (χ1n) is 8.67. The molecule has 0 saturated heterocycles. The molecule has 8 nitrogen and oxygen atoms in total. The van der Waals surface area contributed by atoms with Crippen LogP contribution >= 0.6 is 0 Å². The van der Waals surface area contributed by atoms with Crippen molar-refractivity contribution >= 4 is 23.1 Å². The molecule has 1 amide bonds. The number of rotatable bonds is 6. The molecule has 2 heterocycles. The number of hydrogen-bond acceptors (Lipinski definition) is 7. The van der Waals surface area contributed by atoms with Gasteiger partial charge in [0.2, 0.25) is 5.88 Å². The van der Waals surface area contributed by atoms with Gasteiger partial charge in [0.25, 0.3) is 5.91 Å². The third-order valence-corrected chi connectivity index (χ3v) is 4.49. The Hall–Kier alpha value is -2.87. The molecule has 3 rings (SSSR count). The minimum absolute atomic E-state index is 0.107. The Bertz CT molecular complexity index is 782. The lowest BCUT2D eigenvalue weighted by Gasteiger charge is -2.30. The summed E-state index contributed by atoms with van der Waals surface area (Å²) in [5.74, 6) is 0.377. The molecule has 0 spiro atoms. The minimum atomic E-state index is -0.615. The van der Waals surface area contributed by atoms with E-state index in [1.807, 2.05) is 0 Å². The Morgan fingerprint density at radius 3 is 2.85 bits per heavy atom. The van der Waals surface area contributed by atoms with E-state index in [1.54, 1.807) is 37.6 Å². The zero-order chi connectivity index (χ0) is 18.5. The Morgan fingerprint density at radius 1 is 1.31 bits per heavy atom. The van der Waals surface area contributed by atoms with Gasteiger partial charge in [0.15, 0.2) is 5.69 Å². The Labute approximate surface area is 152 Å². The van der Waals surface area contributed by atoms with Crippen LogP contribution in [0, 0.1) is 0 Å². The molecule has 2 atom stereocenters. The molecule has 26 heavy (non-hydrogen) atoms. The number of nitrogens with zero attached hydrogens (tertiary/aromatic N) is 2. The number of methoxy groups -OCH3 is 1. The van der Waals surface area contributed by atoms with Crippen LogP contribution in [0.15, 0.2) is 30.5 Å². The van der Waals surface area contributed by atoms with Crippen LogP contribution in [-0.2, 0) is 0 Å². The summed E-state index contributed by atoms with van der Waals surface area (Å²) in [4.78, 5) is 20.2. The molecule has 8 heteroatoms. The molecule has 138 valence electrons. The normalized spacial score (nSPS) is 19.6. The summed E-state index contributed by atoms with van der Waals surface area (Å²) in [7, 11) is 1.54. The summed E-state index contributed by atoms with van der Waals surface area (Å²) in [6.45, 7) is 0. The van der Waals surface area contributed by atoms with E-state index in [0.29, 0.717) is 17.4 Å². The molecule has 0 bridgehead atoms. The third-order valence-electron chi connectivity index (χ3n) is 4.49. The minimum Gasteiger partial charge on any atom is -0.481 e. The molecule has 2 aromatic rings. The van der Waals surface area contributed by atoms with E-state index < -0.39 is 5.91 Å². The first-order valence-corrected chi connectivity index (χ1v) is 8.67. The van der Waals surface area contributed by atoms with Gasteiger partial charge in [-0.05, 0) is 25.0 Å². The van der Waals surface area contributed by atoms with Gasteiger partial charge in [0.05, 0.1) is 24.7 Å². The Kier molecular flexibility index (Phi) is 5.52. The van der Waals surface area contributed by atoms with Gasteiger partial charge in [-0.3, -0.25) is 4.79 Å². The Balaban J connectivity index is 1.85. The molecular formula is C18H24N6O2. The fourth-order valence-electron chi connectivity index (χ4n) is 3.12. The molecule has 0 unspecified atom stereocenters. The molecule has 1 aliphatic rings. The summed E-state index contributed by atoms with van der Waals surface area (Å²) >= 11 is 0. The maximum absolute atomic E-state index is 11.7. The summed E-state index contributed by atoms with van der Waals surface area (Å²) in [6, 6.07) is 7.40. The second kappa shape index (κ2) is 8.01. The van der Waals surface area contributed by atoms with E-state index in [9.17, 15) is 4.79 Å². The summed E-state index contributed by atoms with van der Waals surface area (Å²) in [5, 5.41) is 6.51. The van der Waals surface area contributed by atoms with E-state index in [4.69, 9.17) is 16.2 Å². The molecule has 6 N–H and O–H groups in total. The first-order chi connectivity index (χ1) is 12.6. The molecule has 0 aliphatic heterocycles. The number of nitrogens with one attached hydrogen (secondary N) is 2. The van der Waals surface area contributed by atoms with Gasteiger partial charge in [0, 0.05) is 18.2 Å². The largest absolute Gasteiger partial charge is 0.481 e. The van der Waals surface area contributed by atoms with Crippen LogP contribution < -0.4 is 26.8 Å². The van der Waals surface area contributed by atoms with Crippen LogP contribution in [0.4, 0.5) is 17.2 Å². The van der Waals surface area contributed by atoms with Gasteiger partial charge in [-0.15, -0.1) is 0 Å². The highest BCUT2D eigenvalue weighted by molar-refractivity contribution is 5.97. The maximum atomic E-state index is 11.7. The molecule has 0 aromatic carbocycles. The molecule has 0 radical (unpaired) electrons. The number of anilines is 3.